The second kappa shape index (κ2) is 11.9. The van der Waals surface area contributed by atoms with Gasteiger partial charge in [-0.25, -0.2) is 0 Å². The summed E-state index contributed by atoms with van der Waals surface area (Å²) < 4.78 is 0. The van der Waals surface area contributed by atoms with E-state index >= 15 is 0 Å². The molecule has 0 spiro atoms. The molecule has 2 rings (SSSR count). The summed E-state index contributed by atoms with van der Waals surface area (Å²) in [5.41, 5.74) is 0.940. The number of unbranched alkanes of at least 4 members (excludes halogenated alkanes) is 9. The molecular formula is C20H30NO2. The maximum Gasteiger partial charge on any atom is 0.258 e. The van der Waals surface area contributed by atoms with Crippen LogP contribution in [0.15, 0.2) is 24.3 Å². The zero-order chi connectivity index (χ0) is 16.9. The molecule has 1 aliphatic heterocycles. The van der Waals surface area contributed by atoms with Crippen LogP contribution in [-0.2, 0) is 0 Å². The summed E-state index contributed by atoms with van der Waals surface area (Å²) in [5.74, 6) is -0.601. The molecule has 0 bridgehead atoms. The topological polar surface area (TPSA) is 46.2 Å². The van der Waals surface area contributed by atoms with Gasteiger partial charge in [-0.3, -0.25) is 14.9 Å². The minimum atomic E-state index is -0.300. The van der Waals surface area contributed by atoms with E-state index in [2.05, 4.69) is 25.6 Å². The third-order valence-corrected chi connectivity index (χ3v) is 3.94. The Labute approximate surface area is 140 Å². The van der Waals surface area contributed by atoms with E-state index < -0.39 is 0 Å². The average molecular weight is 316 g/mol. The molecule has 127 valence electrons. The van der Waals surface area contributed by atoms with Crippen molar-refractivity contribution in [3.05, 3.63) is 41.8 Å². The van der Waals surface area contributed by atoms with Crippen molar-refractivity contribution >= 4 is 11.8 Å². The van der Waals surface area contributed by atoms with Gasteiger partial charge < -0.3 is 0 Å². The average Bonchev–Trinajstić information content (AvgIpc) is 2.86. The summed E-state index contributed by atoms with van der Waals surface area (Å²) >= 11 is 0. The Morgan fingerprint density at radius 2 is 1.35 bits per heavy atom. The molecule has 3 heteroatoms. The molecule has 0 atom stereocenters. The summed E-state index contributed by atoms with van der Waals surface area (Å²) in [4.78, 5) is 21.9. The van der Waals surface area contributed by atoms with Gasteiger partial charge in [-0.1, -0.05) is 83.8 Å². The minimum absolute atomic E-state index is 0.300. The van der Waals surface area contributed by atoms with Crippen LogP contribution in [-0.4, -0.2) is 11.8 Å². The number of carbonyl (C=O) groups excluding carboxylic acids is 2. The number of rotatable bonds is 9. The number of imide groups is 1. The minimum Gasteiger partial charge on any atom is -0.288 e. The standard InChI is InChI=1S/C12H25.C8H5NO2/c1-3-5-7-9-11-12-10-8-6-4-2;10-7-5-3-1-2-4-6(5)8(11)9-7/h5H,3-4,6-12H2,1-2H3;1-4H,(H,9,10,11). The van der Waals surface area contributed by atoms with Gasteiger partial charge in [-0.2, -0.15) is 0 Å². The fourth-order valence-corrected chi connectivity index (χ4v) is 2.57. The Morgan fingerprint density at radius 1 is 0.826 bits per heavy atom. The first kappa shape index (κ1) is 19.4. The quantitative estimate of drug-likeness (QED) is 0.495. The van der Waals surface area contributed by atoms with Crippen molar-refractivity contribution in [3.8, 4) is 0 Å². The molecule has 0 fully saturated rings. The molecular weight excluding hydrogens is 286 g/mol. The van der Waals surface area contributed by atoms with Gasteiger partial charge in [0.05, 0.1) is 11.1 Å². The summed E-state index contributed by atoms with van der Waals surface area (Å²) in [5, 5.41) is 2.20. The molecule has 0 saturated heterocycles. The lowest BCUT2D eigenvalue weighted by Crippen LogP contribution is -2.19. The second-order valence-electron chi connectivity index (χ2n) is 5.94. The number of benzene rings is 1. The summed E-state index contributed by atoms with van der Waals surface area (Å²) in [6.07, 6.45) is 15.0. The van der Waals surface area contributed by atoms with E-state index in [1.165, 1.54) is 57.8 Å². The van der Waals surface area contributed by atoms with E-state index in [4.69, 9.17) is 0 Å². The van der Waals surface area contributed by atoms with Gasteiger partial charge in [0.1, 0.15) is 0 Å². The zero-order valence-electron chi connectivity index (χ0n) is 14.6. The van der Waals surface area contributed by atoms with Gasteiger partial charge in [0.25, 0.3) is 11.8 Å². The molecule has 1 N–H and O–H groups in total. The SMILES string of the molecule is CC[CH]CCCCCCCCC.O=C1NC(=O)c2ccccc21. The second-order valence-corrected chi connectivity index (χ2v) is 5.94. The van der Waals surface area contributed by atoms with E-state index in [-0.39, 0.29) is 11.8 Å². The van der Waals surface area contributed by atoms with Crippen LogP contribution in [0.5, 0.6) is 0 Å². The molecule has 0 aliphatic carbocycles. The Hall–Kier alpha value is -1.64. The zero-order valence-corrected chi connectivity index (χ0v) is 14.6. The third kappa shape index (κ3) is 7.45. The fraction of sp³-hybridized carbons (Fsp3) is 0.550. The maximum atomic E-state index is 10.9. The van der Waals surface area contributed by atoms with Crippen molar-refractivity contribution in [3.63, 3.8) is 0 Å². The van der Waals surface area contributed by atoms with Crippen LogP contribution in [0, 0.1) is 6.42 Å². The molecule has 0 aromatic heterocycles. The predicted molar refractivity (Wildman–Crippen MR) is 95.4 cm³/mol. The van der Waals surface area contributed by atoms with Gasteiger partial charge in [0.2, 0.25) is 0 Å². The molecule has 1 aliphatic rings. The molecule has 2 amide bonds. The number of nitrogens with one attached hydrogen (secondary N) is 1. The Morgan fingerprint density at radius 3 is 1.87 bits per heavy atom. The molecule has 0 unspecified atom stereocenters. The van der Waals surface area contributed by atoms with Gasteiger partial charge in [0.15, 0.2) is 0 Å². The lowest BCUT2D eigenvalue weighted by atomic mass is 10.1. The molecule has 3 nitrogen and oxygen atoms in total. The summed E-state index contributed by atoms with van der Waals surface area (Å²) in [6.45, 7) is 4.50. The van der Waals surface area contributed by atoms with Crippen molar-refractivity contribution < 1.29 is 9.59 Å². The lowest BCUT2D eigenvalue weighted by molar-refractivity contribution is 0.0879. The largest absolute Gasteiger partial charge is 0.288 e. The third-order valence-electron chi connectivity index (χ3n) is 3.94. The maximum absolute atomic E-state index is 10.9. The first-order valence-corrected chi connectivity index (χ1v) is 8.97. The predicted octanol–water partition coefficient (Wildman–Crippen LogP) is 5.31. The van der Waals surface area contributed by atoms with Crippen molar-refractivity contribution in [2.75, 3.05) is 0 Å². The highest BCUT2D eigenvalue weighted by Gasteiger charge is 2.25. The smallest absolute Gasteiger partial charge is 0.258 e. The lowest BCUT2D eigenvalue weighted by Gasteiger charge is -1.99. The van der Waals surface area contributed by atoms with E-state index in [9.17, 15) is 9.59 Å². The van der Waals surface area contributed by atoms with E-state index in [1.807, 2.05) is 0 Å². The van der Waals surface area contributed by atoms with Crippen molar-refractivity contribution in [2.24, 2.45) is 0 Å². The van der Waals surface area contributed by atoms with Crippen LogP contribution < -0.4 is 5.32 Å². The molecule has 1 heterocycles. The van der Waals surface area contributed by atoms with Crippen LogP contribution in [0.2, 0.25) is 0 Å². The Kier molecular flexibility index (Phi) is 10.0. The van der Waals surface area contributed by atoms with Crippen LogP contribution in [0.3, 0.4) is 0 Å². The first-order valence-electron chi connectivity index (χ1n) is 8.97. The van der Waals surface area contributed by atoms with Crippen molar-refractivity contribution in [2.45, 2.75) is 71.6 Å². The number of carbonyl (C=O) groups is 2. The molecule has 0 saturated carbocycles. The number of hydrogen-bond donors (Lipinski definition) is 1. The Balaban J connectivity index is 0.000000230. The summed E-state index contributed by atoms with van der Waals surface area (Å²) in [6, 6.07) is 6.74. The van der Waals surface area contributed by atoms with Gasteiger partial charge in [-0.05, 0) is 18.6 Å². The normalized spacial score (nSPS) is 12.4. The highest BCUT2D eigenvalue weighted by atomic mass is 16.2. The van der Waals surface area contributed by atoms with Crippen molar-refractivity contribution in [1.29, 1.82) is 0 Å². The molecule has 1 aromatic rings. The van der Waals surface area contributed by atoms with Gasteiger partial charge in [-0.15, -0.1) is 0 Å². The fourth-order valence-electron chi connectivity index (χ4n) is 2.57. The highest BCUT2D eigenvalue weighted by molar-refractivity contribution is 6.21. The Bertz CT molecular complexity index is 439. The number of amides is 2. The van der Waals surface area contributed by atoms with E-state index in [0.717, 1.165) is 0 Å². The van der Waals surface area contributed by atoms with E-state index in [0.29, 0.717) is 11.1 Å². The first-order chi connectivity index (χ1) is 11.2. The molecule has 1 radical (unpaired) electrons. The van der Waals surface area contributed by atoms with Crippen molar-refractivity contribution in [1.82, 2.24) is 5.32 Å². The van der Waals surface area contributed by atoms with Gasteiger partial charge in [0, 0.05) is 0 Å². The molecule has 23 heavy (non-hydrogen) atoms. The number of fused-ring (bicyclic) bond motifs is 1. The van der Waals surface area contributed by atoms with Gasteiger partial charge >= 0.3 is 0 Å². The highest BCUT2D eigenvalue weighted by Crippen LogP contribution is 2.13. The van der Waals surface area contributed by atoms with E-state index in [1.54, 1.807) is 24.3 Å². The van der Waals surface area contributed by atoms with Crippen LogP contribution in [0.25, 0.3) is 0 Å². The molecule has 1 aromatic carbocycles. The monoisotopic (exact) mass is 316 g/mol. The van der Waals surface area contributed by atoms with Crippen LogP contribution in [0.1, 0.15) is 92.4 Å². The van der Waals surface area contributed by atoms with Crippen LogP contribution in [0.4, 0.5) is 0 Å². The van der Waals surface area contributed by atoms with Crippen LogP contribution >= 0.6 is 0 Å². The number of hydrogen-bond acceptors (Lipinski definition) is 2. The summed E-state index contributed by atoms with van der Waals surface area (Å²) in [7, 11) is 0.